The third-order valence-corrected chi connectivity index (χ3v) is 17.0. The van der Waals surface area contributed by atoms with Crippen molar-refractivity contribution in [1.82, 2.24) is 50.1 Å². The minimum absolute atomic E-state index is 0.0105. The molecule has 0 unspecified atom stereocenters. The smallest absolute Gasteiger partial charge is 0.317 e. The van der Waals surface area contributed by atoms with Crippen molar-refractivity contribution in [3.8, 4) is 11.5 Å². The molecule has 25 heteroatoms. The number of ether oxygens (including phenoxy) is 2. The Bertz CT molecular complexity index is 3360. The predicted molar refractivity (Wildman–Crippen MR) is 323 cm³/mol. The average molecular weight is 1200 g/mol. The number of allylic oxidation sites excluding steroid dienone is 1. The topological polar surface area (TPSA) is 254 Å². The van der Waals surface area contributed by atoms with Gasteiger partial charge in [0, 0.05) is 132 Å². The number of piperidine rings is 2. The van der Waals surface area contributed by atoms with Gasteiger partial charge in [0.05, 0.1) is 44.0 Å². The molecule has 0 bridgehead atoms. The zero-order valence-electron chi connectivity index (χ0n) is 49.2. The third-order valence-electron chi connectivity index (χ3n) is 16.8. The molecule has 456 valence electrons. The van der Waals surface area contributed by atoms with Gasteiger partial charge in [-0.15, -0.1) is 0 Å². The number of anilines is 5. The van der Waals surface area contributed by atoms with Gasteiger partial charge in [-0.05, 0) is 86.8 Å². The first-order valence-electron chi connectivity index (χ1n) is 29.6. The van der Waals surface area contributed by atoms with Gasteiger partial charge in [-0.1, -0.05) is 37.3 Å². The Morgan fingerprint density at radius 1 is 0.906 bits per heavy atom. The summed E-state index contributed by atoms with van der Waals surface area (Å²) in [6.07, 6.45) is 12.6. The monoisotopic (exact) mass is 1190 g/mol. The molecule has 2 aromatic carbocycles. The van der Waals surface area contributed by atoms with Crippen LogP contribution in [0.4, 0.5) is 42.5 Å². The van der Waals surface area contributed by atoms with Crippen LogP contribution in [-0.4, -0.2) is 145 Å². The number of carbonyl (C=O) groups is 4. The number of likely N-dealkylation sites (N-methyl/N-ethyl adjacent to an activating group) is 1. The van der Waals surface area contributed by atoms with Crippen molar-refractivity contribution in [2.45, 2.75) is 109 Å². The van der Waals surface area contributed by atoms with Crippen LogP contribution in [0, 0.1) is 11.3 Å². The highest BCUT2D eigenvalue weighted by Gasteiger charge is 2.36. The number of likely N-dealkylation sites (tertiary alicyclic amines) is 1. The van der Waals surface area contributed by atoms with Crippen LogP contribution in [0.2, 0.25) is 5.02 Å². The van der Waals surface area contributed by atoms with E-state index in [2.05, 4.69) is 30.9 Å². The molecule has 5 amide bonds. The van der Waals surface area contributed by atoms with E-state index in [4.69, 9.17) is 36.6 Å². The van der Waals surface area contributed by atoms with Gasteiger partial charge < -0.3 is 65.6 Å². The maximum Gasteiger partial charge on any atom is 0.317 e. The van der Waals surface area contributed by atoms with Crippen molar-refractivity contribution in [2.75, 3.05) is 95.8 Å². The van der Waals surface area contributed by atoms with E-state index in [9.17, 15) is 32.8 Å². The second-order valence-corrected chi connectivity index (χ2v) is 22.5. The van der Waals surface area contributed by atoms with E-state index in [-0.39, 0.29) is 53.6 Å². The molecule has 0 spiro atoms. The van der Waals surface area contributed by atoms with Crippen LogP contribution in [0.5, 0.6) is 11.5 Å². The van der Waals surface area contributed by atoms with Gasteiger partial charge in [0.25, 0.3) is 17.9 Å². The molecule has 7 heterocycles. The summed E-state index contributed by atoms with van der Waals surface area (Å²) in [7, 11) is 8.01. The van der Waals surface area contributed by atoms with Crippen molar-refractivity contribution in [3.63, 3.8) is 0 Å². The summed E-state index contributed by atoms with van der Waals surface area (Å²) < 4.78 is 44.2. The number of nitrogens with one attached hydrogen (secondary N) is 5. The van der Waals surface area contributed by atoms with E-state index in [1.54, 1.807) is 67.9 Å². The fourth-order valence-electron chi connectivity index (χ4n) is 12.1. The molecule has 2 fully saturated rings. The Kier molecular flexibility index (Phi) is 20.6. The molecule has 0 aliphatic carbocycles. The number of hydrogen-bond donors (Lipinski definition) is 6. The van der Waals surface area contributed by atoms with Gasteiger partial charge in [-0.3, -0.25) is 23.9 Å². The molecule has 7 N–H and O–H groups in total. The summed E-state index contributed by atoms with van der Waals surface area (Å²) in [5.41, 5.74) is 4.91. The first-order chi connectivity index (χ1) is 41.1. The maximum absolute atomic E-state index is 14.8. The lowest BCUT2D eigenvalue weighted by Gasteiger charge is -2.34. The number of quaternary nitrogens is 1. The standard InChI is InChI=1S/C60H78ClF2N15O7/c1-65-33-40(32-64)43-28-38-13-12-21-77(48(38)31-44(43)54(62)63)56-45-35-76(60(83)67-3)26-19-47(45)78(72-56)42-17-24-74(25-18-42)52(80)14-10-8-6-7-9-11-20-68-57(81)37-15-22-75(23-16-37)59-69-34-46(61)55(71-59)70-41-27-39-29-50(85-36-51(79)66-2)58(82)73(4)53(39)49(30-41)84-5/h27-34,37,42,54,64-65H,6-26,35-36H2,1-5H3,(H,66,79)(H,67,83)(H,68,81)(H,69,70,71)/p+1/b40-33+,64-32?. The first kappa shape index (κ1) is 61.7. The number of alkyl halides is 2. The van der Waals surface area contributed by atoms with E-state index >= 15 is 0 Å². The zero-order valence-corrected chi connectivity index (χ0v) is 50.0. The SMILES string of the molecule is CNC(=O)COc1cc2cc(Nc3nc(N4CCC(C(=O)NCCCCCCCCC(=O)N5CCC(n6nc(N7CCCc8cc(/C(C=N)=C/[NH2+]C)c(C(F)F)cc87)c7c6CCN(C(=O)NC)C7)CC5)CC4)ncc3Cl)cc(OC)c2n(C)c1=O. The van der Waals surface area contributed by atoms with Crippen LogP contribution in [0.25, 0.3) is 16.5 Å². The Hall–Kier alpha value is -7.86. The molecule has 5 aromatic rings. The average Bonchev–Trinajstić information content (AvgIpc) is 2.39. The highest BCUT2D eigenvalue weighted by molar-refractivity contribution is 6.33. The number of aromatic nitrogens is 5. The van der Waals surface area contributed by atoms with E-state index < -0.39 is 12.0 Å². The van der Waals surface area contributed by atoms with Crippen LogP contribution in [0.1, 0.15) is 117 Å². The number of fused-ring (bicyclic) bond motifs is 3. The largest absolute Gasteiger partial charge is 0.494 e. The van der Waals surface area contributed by atoms with E-state index in [1.165, 1.54) is 24.9 Å². The summed E-state index contributed by atoms with van der Waals surface area (Å²) in [6, 6.07) is 8.33. The molecule has 22 nitrogen and oxygen atoms in total. The fourth-order valence-corrected chi connectivity index (χ4v) is 12.3. The number of nitrogens with zero attached hydrogens (tertiary/aromatic N) is 9. The molecule has 0 radical (unpaired) electrons. The van der Waals surface area contributed by atoms with Crippen molar-refractivity contribution < 1.29 is 42.7 Å². The lowest BCUT2D eigenvalue weighted by Crippen LogP contribution is -2.72. The molecular formula is C60H79ClF2N15O7+. The highest BCUT2D eigenvalue weighted by atomic mass is 35.5. The van der Waals surface area contributed by atoms with Crippen molar-refractivity contribution in [1.29, 1.82) is 5.41 Å². The van der Waals surface area contributed by atoms with Gasteiger partial charge in [-0.2, -0.15) is 10.1 Å². The quantitative estimate of drug-likeness (QED) is 0.0288. The summed E-state index contributed by atoms with van der Waals surface area (Å²) in [5.74, 6) is 1.68. The predicted octanol–water partition coefficient (Wildman–Crippen LogP) is 6.89. The highest BCUT2D eigenvalue weighted by Crippen LogP contribution is 2.43. The fraction of sp³-hybridized carbons (Fsp3) is 0.517. The van der Waals surface area contributed by atoms with Crippen LogP contribution in [0.15, 0.2) is 47.5 Å². The Balaban J connectivity index is 0.697. The lowest BCUT2D eigenvalue weighted by atomic mass is 9.92. The molecule has 0 saturated carbocycles. The number of rotatable bonds is 23. The molecule has 4 aliphatic heterocycles. The number of pyridine rings is 1. The van der Waals surface area contributed by atoms with E-state index in [0.717, 1.165) is 80.8 Å². The van der Waals surface area contributed by atoms with Crippen molar-refractivity contribution in [2.24, 2.45) is 13.0 Å². The molecule has 2 saturated heterocycles. The first-order valence-corrected chi connectivity index (χ1v) is 30.0. The summed E-state index contributed by atoms with van der Waals surface area (Å²) in [5, 5.41) is 27.5. The van der Waals surface area contributed by atoms with Crippen LogP contribution < -0.4 is 51.4 Å². The molecule has 4 aliphatic rings. The minimum atomic E-state index is -2.75. The van der Waals surface area contributed by atoms with Gasteiger partial charge in [-0.25, -0.2) is 18.6 Å². The number of benzene rings is 2. The number of hydrogen-bond acceptors (Lipinski definition) is 14. The number of nitrogens with two attached hydrogens (primary N) is 1. The van der Waals surface area contributed by atoms with Gasteiger partial charge in [0.15, 0.2) is 24.0 Å². The van der Waals surface area contributed by atoms with Gasteiger partial charge in [0.2, 0.25) is 17.8 Å². The number of unbranched alkanes of at least 4 members (excludes halogenated alkanes) is 5. The Morgan fingerprint density at radius 3 is 2.36 bits per heavy atom. The Morgan fingerprint density at radius 2 is 1.66 bits per heavy atom. The lowest BCUT2D eigenvalue weighted by molar-refractivity contribution is -0.555. The van der Waals surface area contributed by atoms with Gasteiger partial charge >= 0.3 is 6.03 Å². The molecular weight excluding hydrogens is 1120 g/mol. The molecule has 3 aromatic heterocycles. The summed E-state index contributed by atoms with van der Waals surface area (Å²) in [4.78, 5) is 81.6. The summed E-state index contributed by atoms with van der Waals surface area (Å²) in [6.45, 7) is 4.15. The van der Waals surface area contributed by atoms with Crippen LogP contribution in [-0.2, 0) is 40.8 Å². The van der Waals surface area contributed by atoms with Crippen molar-refractivity contribution in [3.05, 3.63) is 86.1 Å². The van der Waals surface area contributed by atoms with Crippen molar-refractivity contribution >= 4 is 87.0 Å². The normalized spacial score (nSPS) is 15.8. The third kappa shape index (κ3) is 14.1. The minimum Gasteiger partial charge on any atom is -0.494 e. The molecule has 9 rings (SSSR count). The number of aryl methyl sites for hydroxylation is 2. The van der Waals surface area contributed by atoms with E-state index in [0.29, 0.717) is 146 Å². The molecule has 85 heavy (non-hydrogen) atoms. The maximum atomic E-state index is 14.8. The van der Waals surface area contributed by atoms with Crippen LogP contribution in [0.3, 0.4) is 0 Å². The van der Waals surface area contributed by atoms with Gasteiger partial charge in [0.1, 0.15) is 17.0 Å². The van der Waals surface area contributed by atoms with Crippen LogP contribution >= 0.6 is 11.6 Å². The Labute approximate surface area is 498 Å². The second kappa shape index (κ2) is 28.4. The number of halogens is 3. The number of urea groups is 1. The number of amides is 5. The zero-order chi connectivity index (χ0) is 60.3. The number of carbonyl (C=O) groups excluding carboxylic acids is 4. The second-order valence-electron chi connectivity index (χ2n) is 22.1. The van der Waals surface area contributed by atoms with E-state index in [1.807, 2.05) is 14.7 Å². The summed E-state index contributed by atoms with van der Waals surface area (Å²) >= 11 is 6.59. The number of methoxy groups -OCH3 is 1. The molecule has 0 atom stereocenters.